The quantitative estimate of drug-likeness (QED) is 0.706. The van der Waals surface area contributed by atoms with Crippen LogP contribution in [-0.4, -0.2) is 37.2 Å². The number of hydrogen-bond donors (Lipinski definition) is 0. The molecule has 1 aliphatic rings. The number of carbonyl (C=O) groups excluding carboxylic acids is 1. The number of rotatable bonds is 7. The molecule has 0 saturated heterocycles. The van der Waals surface area contributed by atoms with Gasteiger partial charge in [-0.2, -0.15) is 11.8 Å². The first-order valence-electron chi connectivity index (χ1n) is 5.78. The Balaban J connectivity index is 2.06. The summed E-state index contributed by atoms with van der Waals surface area (Å²) in [6, 6.07) is 0. The van der Waals surface area contributed by atoms with Crippen molar-refractivity contribution >= 4 is 27.4 Å². The van der Waals surface area contributed by atoms with Gasteiger partial charge in [0.1, 0.15) is 15.6 Å². The van der Waals surface area contributed by atoms with Gasteiger partial charge in [0, 0.05) is 17.9 Å². The van der Waals surface area contributed by atoms with Gasteiger partial charge in [-0.15, -0.1) is 0 Å². The van der Waals surface area contributed by atoms with E-state index in [9.17, 15) is 13.2 Å². The van der Waals surface area contributed by atoms with E-state index in [2.05, 4.69) is 0 Å². The summed E-state index contributed by atoms with van der Waals surface area (Å²) < 4.78 is 21.7. The van der Waals surface area contributed by atoms with Crippen molar-refractivity contribution in [2.24, 2.45) is 0 Å². The minimum absolute atomic E-state index is 0.132. The Morgan fingerprint density at radius 3 is 2.50 bits per heavy atom. The molecule has 0 heterocycles. The van der Waals surface area contributed by atoms with E-state index in [1.165, 1.54) is 31.9 Å². The average molecular weight is 264 g/mol. The van der Waals surface area contributed by atoms with E-state index in [0.717, 1.165) is 0 Å². The molecule has 94 valence electrons. The Labute approximate surface area is 102 Å². The summed E-state index contributed by atoms with van der Waals surface area (Å²) in [4.78, 5) is 11.5. The highest BCUT2D eigenvalue weighted by Crippen LogP contribution is 2.29. The molecule has 5 heteroatoms. The predicted molar refractivity (Wildman–Crippen MR) is 68.7 cm³/mol. The van der Waals surface area contributed by atoms with Crippen LogP contribution in [0.3, 0.4) is 0 Å². The zero-order chi connectivity index (χ0) is 12.0. The lowest BCUT2D eigenvalue weighted by Gasteiger charge is -2.07. The maximum atomic E-state index is 11.5. The number of thioether (sulfide) groups is 1. The van der Waals surface area contributed by atoms with Crippen LogP contribution < -0.4 is 0 Å². The molecule has 0 atom stereocenters. The molecule has 3 nitrogen and oxygen atoms in total. The highest BCUT2D eigenvalue weighted by Gasteiger charge is 2.16. The van der Waals surface area contributed by atoms with Crippen molar-refractivity contribution in [3.05, 3.63) is 0 Å². The van der Waals surface area contributed by atoms with Gasteiger partial charge in [0.15, 0.2) is 0 Å². The van der Waals surface area contributed by atoms with Gasteiger partial charge >= 0.3 is 0 Å². The fourth-order valence-electron chi connectivity index (χ4n) is 1.87. The molecule has 0 amide bonds. The lowest BCUT2D eigenvalue weighted by Crippen LogP contribution is -2.09. The van der Waals surface area contributed by atoms with E-state index in [0.29, 0.717) is 23.8 Å². The van der Waals surface area contributed by atoms with Crippen molar-refractivity contribution in [3.8, 4) is 0 Å². The van der Waals surface area contributed by atoms with Gasteiger partial charge in [-0.25, -0.2) is 8.42 Å². The van der Waals surface area contributed by atoms with Crippen LogP contribution in [0.15, 0.2) is 0 Å². The minimum Gasteiger partial charge on any atom is -0.299 e. The second kappa shape index (κ2) is 6.64. The molecule has 0 unspecified atom stereocenters. The second-order valence-corrected chi connectivity index (χ2v) is 8.04. The van der Waals surface area contributed by atoms with E-state index >= 15 is 0 Å². The zero-order valence-corrected chi connectivity index (χ0v) is 11.4. The first kappa shape index (κ1) is 14.0. The fraction of sp³-hybridized carbons (Fsp3) is 0.909. The molecular weight excluding hydrogens is 244 g/mol. The molecule has 16 heavy (non-hydrogen) atoms. The second-order valence-electron chi connectivity index (χ2n) is 4.49. The molecule has 1 fully saturated rings. The first-order valence-corrected chi connectivity index (χ1v) is 8.89. The molecule has 0 aromatic rings. The Kier molecular flexibility index (Phi) is 5.83. The van der Waals surface area contributed by atoms with E-state index in [-0.39, 0.29) is 11.5 Å². The molecule has 0 aromatic heterocycles. The van der Waals surface area contributed by atoms with Gasteiger partial charge in [0.05, 0.1) is 11.5 Å². The van der Waals surface area contributed by atoms with Crippen molar-refractivity contribution in [1.82, 2.24) is 0 Å². The molecule has 1 aliphatic carbocycles. The van der Waals surface area contributed by atoms with Gasteiger partial charge in [0.25, 0.3) is 0 Å². The summed E-state index contributed by atoms with van der Waals surface area (Å²) >= 11 is 1.75. The molecular formula is C11H20O3S2. The average Bonchev–Trinajstić information content (AvgIpc) is 2.65. The Hall–Kier alpha value is -0.0300. The van der Waals surface area contributed by atoms with Crippen molar-refractivity contribution in [3.63, 3.8) is 0 Å². The van der Waals surface area contributed by atoms with Gasteiger partial charge in [-0.3, -0.25) is 4.79 Å². The van der Waals surface area contributed by atoms with E-state index in [1.54, 1.807) is 11.8 Å². The van der Waals surface area contributed by atoms with Crippen LogP contribution in [0, 0.1) is 0 Å². The predicted octanol–water partition coefficient (Wildman–Crippen LogP) is 2.06. The lowest BCUT2D eigenvalue weighted by molar-refractivity contribution is -0.116. The highest BCUT2D eigenvalue weighted by atomic mass is 32.2. The Morgan fingerprint density at radius 1 is 1.31 bits per heavy atom. The van der Waals surface area contributed by atoms with Crippen LogP contribution in [0.5, 0.6) is 0 Å². The highest BCUT2D eigenvalue weighted by molar-refractivity contribution is 8.00. The Morgan fingerprint density at radius 2 is 1.94 bits per heavy atom. The van der Waals surface area contributed by atoms with Crippen LogP contribution >= 0.6 is 11.8 Å². The van der Waals surface area contributed by atoms with Crippen LogP contribution in [0.25, 0.3) is 0 Å². The third-order valence-corrected chi connectivity index (χ3v) is 5.21. The first-order chi connectivity index (χ1) is 7.47. The zero-order valence-electron chi connectivity index (χ0n) is 9.78. The Bertz CT molecular complexity index is 316. The van der Waals surface area contributed by atoms with Gasteiger partial charge in [-0.1, -0.05) is 12.8 Å². The van der Waals surface area contributed by atoms with E-state index in [4.69, 9.17) is 0 Å². The molecule has 0 spiro atoms. The van der Waals surface area contributed by atoms with Crippen LogP contribution in [0.1, 0.15) is 38.5 Å². The van der Waals surface area contributed by atoms with Gasteiger partial charge in [0.2, 0.25) is 0 Å². The number of carbonyl (C=O) groups is 1. The van der Waals surface area contributed by atoms with Crippen LogP contribution in [0.2, 0.25) is 0 Å². The molecule has 0 N–H and O–H groups in total. The summed E-state index contributed by atoms with van der Waals surface area (Å²) in [7, 11) is -2.91. The van der Waals surface area contributed by atoms with Crippen molar-refractivity contribution < 1.29 is 13.2 Å². The minimum atomic E-state index is -2.91. The van der Waals surface area contributed by atoms with Gasteiger partial charge < -0.3 is 0 Å². The van der Waals surface area contributed by atoms with E-state index < -0.39 is 9.84 Å². The molecule has 0 aromatic carbocycles. The summed E-state index contributed by atoms with van der Waals surface area (Å²) in [5.41, 5.74) is 0. The standard InChI is InChI=1S/C11H20O3S2/c1-16(13,14)8-4-5-10(12)9-15-11-6-2-3-7-11/h11H,2-9H2,1H3. The van der Waals surface area contributed by atoms with E-state index in [1.807, 2.05) is 0 Å². The molecule has 1 rings (SSSR count). The maximum Gasteiger partial charge on any atom is 0.147 e. The number of hydrogen-bond acceptors (Lipinski definition) is 4. The summed E-state index contributed by atoms with van der Waals surface area (Å²) in [5.74, 6) is 0.891. The van der Waals surface area contributed by atoms with Crippen molar-refractivity contribution in [2.45, 2.75) is 43.8 Å². The molecule has 0 bridgehead atoms. The number of Topliss-reactive ketones (excluding diaryl/α,β-unsaturated/α-hetero) is 1. The molecule has 0 radical (unpaired) electrons. The van der Waals surface area contributed by atoms with Crippen LogP contribution in [0.4, 0.5) is 0 Å². The smallest absolute Gasteiger partial charge is 0.147 e. The number of sulfone groups is 1. The van der Waals surface area contributed by atoms with Gasteiger partial charge in [-0.05, 0) is 19.3 Å². The van der Waals surface area contributed by atoms with Crippen LogP contribution in [-0.2, 0) is 14.6 Å². The number of ketones is 1. The summed E-state index contributed by atoms with van der Waals surface area (Å²) in [5, 5.41) is 0.666. The third kappa shape index (κ3) is 6.53. The fourth-order valence-corrected chi connectivity index (χ4v) is 3.77. The normalized spacial score (nSPS) is 17.8. The molecule has 1 saturated carbocycles. The maximum absolute atomic E-state index is 11.5. The SMILES string of the molecule is CS(=O)(=O)CCCC(=O)CSC1CCCC1. The molecule has 0 aliphatic heterocycles. The summed E-state index contributed by atoms with van der Waals surface area (Å²) in [6.07, 6.45) is 7.16. The summed E-state index contributed by atoms with van der Waals surface area (Å²) in [6.45, 7) is 0. The van der Waals surface area contributed by atoms with Crippen molar-refractivity contribution in [2.75, 3.05) is 17.8 Å². The monoisotopic (exact) mass is 264 g/mol. The lowest BCUT2D eigenvalue weighted by atomic mass is 10.2. The topological polar surface area (TPSA) is 51.2 Å². The largest absolute Gasteiger partial charge is 0.299 e. The third-order valence-electron chi connectivity index (χ3n) is 2.75. The van der Waals surface area contributed by atoms with Crippen molar-refractivity contribution in [1.29, 1.82) is 0 Å².